The van der Waals surface area contributed by atoms with Gasteiger partial charge in [-0.3, -0.25) is 4.79 Å². The van der Waals surface area contributed by atoms with Crippen molar-refractivity contribution < 1.29 is 46.6 Å². The number of nitrogens with zero attached hydrogens (tertiary/aromatic N) is 2. The quantitative estimate of drug-likeness (QED) is 0.276. The molecule has 0 unspecified atom stereocenters. The van der Waals surface area contributed by atoms with Gasteiger partial charge in [0.15, 0.2) is 0 Å². The number of benzene rings is 1. The first-order valence-electron chi connectivity index (χ1n) is 9.33. The van der Waals surface area contributed by atoms with Crippen LogP contribution in [0.1, 0.15) is 31.9 Å². The number of esters is 1. The lowest BCUT2D eigenvalue weighted by Gasteiger charge is -2.30. The maximum Gasteiger partial charge on any atom is 0.436 e. The van der Waals surface area contributed by atoms with E-state index in [-0.39, 0.29) is 24.4 Å². The zero-order chi connectivity index (χ0) is 24.5. The van der Waals surface area contributed by atoms with Crippen molar-refractivity contribution >= 4 is 30.1 Å². The molecule has 176 valence electrons. The maximum atomic E-state index is 12.8. The molecule has 3 amide bonds. The largest absolute Gasteiger partial charge is 0.466 e. The second-order valence-corrected chi connectivity index (χ2v) is 6.07. The fraction of sp³-hybridized carbons (Fsp3) is 0.400. The molecule has 0 bridgehead atoms. The highest BCUT2D eigenvalue weighted by Gasteiger charge is 2.34. The van der Waals surface area contributed by atoms with Crippen molar-refractivity contribution in [3.8, 4) is 0 Å². The van der Waals surface area contributed by atoms with E-state index in [1.807, 2.05) is 0 Å². The lowest BCUT2D eigenvalue weighted by Crippen LogP contribution is -2.53. The minimum atomic E-state index is -4.55. The molecule has 0 saturated heterocycles. The highest BCUT2D eigenvalue weighted by Crippen LogP contribution is 2.29. The Morgan fingerprint density at radius 3 is 1.94 bits per heavy atom. The molecule has 0 N–H and O–H groups in total. The second kappa shape index (κ2) is 11.7. The number of ether oxygens (including phenoxy) is 3. The van der Waals surface area contributed by atoms with Crippen molar-refractivity contribution in [1.82, 2.24) is 10.0 Å². The zero-order valence-corrected chi connectivity index (χ0v) is 17.9. The Morgan fingerprint density at radius 2 is 1.50 bits per heavy atom. The fourth-order valence-electron chi connectivity index (χ4n) is 2.43. The molecule has 1 aromatic rings. The van der Waals surface area contributed by atoms with E-state index in [0.29, 0.717) is 10.0 Å². The van der Waals surface area contributed by atoms with E-state index in [1.54, 1.807) is 0 Å². The van der Waals surface area contributed by atoms with Crippen LogP contribution in [0.3, 0.4) is 0 Å². The van der Waals surface area contributed by atoms with Crippen LogP contribution in [0.5, 0.6) is 0 Å². The summed E-state index contributed by atoms with van der Waals surface area (Å²) >= 11 is 0. The van der Waals surface area contributed by atoms with E-state index in [4.69, 9.17) is 9.47 Å². The minimum Gasteiger partial charge on any atom is -0.466 e. The SMILES string of the molecule is CCOC(=O)N(C/C(=C/c1ccc(C(F)(F)F)cc1)C(=O)OC)N(C(C)=O)C(=O)OCC. The summed E-state index contributed by atoms with van der Waals surface area (Å²) < 4.78 is 52.6. The van der Waals surface area contributed by atoms with E-state index in [9.17, 15) is 32.3 Å². The van der Waals surface area contributed by atoms with Gasteiger partial charge in [-0.1, -0.05) is 12.1 Å². The Morgan fingerprint density at radius 1 is 0.969 bits per heavy atom. The molecule has 0 atom stereocenters. The first-order chi connectivity index (χ1) is 15.0. The van der Waals surface area contributed by atoms with Crippen molar-refractivity contribution in [3.05, 3.63) is 41.0 Å². The third-order valence-corrected chi connectivity index (χ3v) is 3.81. The van der Waals surface area contributed by atoms with Gasteiger partial charge in [-0.2, -0.15) is 13.2 Å². The summed E-state index contributed by atoms with van der Waals surface area (Å²) in [6.45, 7) is 3.06. The van der Waals surface area contributed by atoms with Gasteiger partial charge in [0.05, 0.1) is 38.0 Å². The Labute approximate surface area is 182 Å². The Balaban J connectivity index is 3.42. The van der Waals surface area contributed by atoms with Crippen LogP contribution in [0.15, 0.2) is 29.8 Å². The Bertz CT molecular complexity index is 867. The Kier molecular flexibility index (Phi) is 9.69. The van der Waals surface area contributed by atoms with Crippen LogP contribution in [0, 0.1) is 0 Å². The molecule has 0 spiro atoms. The lowest BCUT2D eigenvalue weighted by atomic mass is 10.1. The van der Waals surface area contributed by atoms with Gasteiger partial charge in [0.2, 0.25) is 5.91 Å². The summed E-state index contributed by atoms with van der Waals surface area (Å²) in [4.78, 5) is 49.0. The molecule has 0 heterocycles. The maximum absolute atomic E-state index is 12.8. The number of hydrazine groups is 1. The summed E-state index contributed by atoms with van der Waals surface area (Å²) in [5, 5.41) is 0.891. The monoisotopic (exact) mass is 460 g/mol. The van der Waals surface area contributed by atoms with E-state index in [0.717, 1.165) is 44.4 Å². The molecule has 1 rings (SSSR count). The highest BCUT2D eigenvalue weighted by molar-refractivity contribution is 5.96. The summed E-state index contributed by atoms with van der Waals surface area (Å²) in [7, 11) is 1.05. The smallest absolute Gasteiger partial charge is 0.436 e. The number of methoxy groups -OCH3 is 1. The van der Waals surface area contributed by atoms with Crippen LogP contribution in [-0.4, -0.2) is 60.9 Å². The van der Waals surface area contributed by atoms with E-state index in [2.05, 4.69) is 4.74 Å². The van der Waals surface area contributed by atoms with E-state index >= 15 is 0 Å². The number of hydrogen-bond acceptors (Lipinski definition) is 7. The number of amides is 3. The highest BCUT2D eigenvalue weighted by atomic mass is 19.4. The summed E-state index contributed by atoms with van der Waals surface area (Å²) in [6, 6.07) is 3.83. The molecule has 0 radical (unpaired) electrons. The molecule has 0 aliphatic heterocycles. The third kappa shape index (κ3) is 7.29. The van der Waals surface area contributed by atoms with Crippen molar-refractivity contribution in [2.75, 3.05) is 26.9 Å². The first kappa shape index (κ1) is 26.5. The molecule has 1 aromatic carbocycles. The number of rotatable bonds is 6. The Hall–Kier alpha value is -3.57. The molecule has 9 nitrogen and oxygen atoms in total. The molecule has 0 fully saturated rings. The van der Waals surface area contributed by atoms with Gasteiger partial charge < -0.3 is 14.2 Å². The molecule has 0 aromatic heterocycles. The number of halogens is 3. The third-order valence-electron chi connectivity index (χ3n) is 3.81. The van der Waals surface area contributed by atoms with Gasteiger partial charge >= 0.3 is 24.3 Å². The number of imide groups is 1. The first-order valence-corrected chi connectivity index (χ1v) is 9.33. The predicted molar refractivity (Wildman–Crippen MR) is 105 cm³/mol. The molecule has 32 heavy (non-hydrogen) atoms. The van der Waals surface area contributed by atoms with Crippen LogP contribution in [0.25, 0.3) is 6.08 Å². The van der Waals surface area contributed by atoms with Crippen molar-refractivity contribution in [3.63, 3.8) is 0 Å². The average Bonchev–Trinajstić information content (AvgIpc) is 2.71. The fourth-order valence-corrected chi connectivity index (χ4v) is 2.43. The van der Waals surface area contributed by atoms with Crippen molar-refractivity contribution in [2.45, 2.75) is 26.9 Å². The van der Waals surface area contributed by atoms with Gasteiger partial charge in [0.1, 0.15) is 0 Å². The number of hydrogen-bond donors (Lipinski definition) is 0. The normalized spacial score (nSPS) is 11.4. The molecular formula is C20H23F3N2O7. The average molecular weight is 460 g/mol. The van der Waals surface area contributed by atoms with Crippen LogP contribution in [0.4, 0.5) is 22.8 Å². The van der Waals surface area contributed by atoms with Crippen LogP contribution >= 0.6 is 0 Å². The number of carbonyl (C=O) groups is 4. The summed E-state index contributed by atoms with van der Waals surface area (Å²) in [6.07, 6.45) is -5.72. The van der Waals surface area contributed by atoms with Crippen molar-refractivity contribution in [2.24, 2.45) is 0 Å². The van der Waals surface area contributed by atoms with Gasteiger partial charge in [-0.15, -0.1) is 5.01 Å². The second-order valence-electron chi connectivity index (χ2n) is 6.07. The molecule has 0 aliphatic carbocycles. The summed E-state index contributed by atoms with van der Waals surface area (Å²) in [5.74, 6) is -1.86. The lowest BCUT2D eigenvalue weighted by molar-refractivity contribution is -0.142. The zero-order valence-electron chi connectivity index (χ0n) is 17.9. The van der Waals surface area contributed by atoms with Gasteiger partial charge in [-0.05, 0) is 37.6 Å². The molecule has 0 aliphatic rings. The number of carbonyl (C=O) groups excluding carboxylic acids is 4. The number of alkyl halides is 3. The molecular weight excluding hydrogens is 437 g/mol. The molecule has 12 heteroatoms. The van der Waals surface area contributed by atoms with Gasteiger partial charge in [-0.25, -0.2) is 19.4 Å². The predicted octanol–water partition coefficient (Wildman–Crippen LogP) is 3.64. The topological polar surface area (TPSA) is 102 Å². The van der Waals surface area contributed by atoms with Gasteiger partial charge in [0.25, 0.3) is 0 Å². The van der Waals surface area contributed by atoms with Gasteiger partial charge in [0, 0.05) is 6.92 Å². The van der Waals surface area contributed by atoms with Crippen LogP contribution < -0.4 is 0 Å². The van der Waals surface area contributed by atoms with E-state index in [1.165, 1.54) is 13.8 Å². The minimum absolute atomic E-state index is 0.107. The van der Waals surface area contributed by atoms with E-state index < -0.39 is 42.3 Å². The summed E-state index contributed by atoms with van der Waals surface area (Å²) in [5.41, 5.74) is -0.976. The standard InChI is InChI=1S/C20H23F3N2O7/c1-5-31-18(28)24(25(13(3)26)19(29)32-6-2)12-15(17(27)30-4)11-14-7-9-16(10-8-14)20(21,22)23/h7-11H,5-6,12H2,1-4H3/b15-11-. The molecule has 0 saturated carbocycles. The van der Waals surface area contributed by atoms with Crippen LogP contribution in [-0.2, 0) is 30.0 Å². The van der Waals surface area contributed by atoms with Crippen molar-refractivity contribution in [1.29, 1.82) is 0 Å². The van der Waals surface area contributed by atoms with Crippen LogP contribution in [0.2, 0.25) is 0 Å².